The number of anilines is 1. The van der Waals surface area contributed by atoms with E-state index >= 15 is 0 Å². The van der Waals surface area contributed by atoms with Gasteiger partial charge in [-0.2, -0.15) is 11.3 Å². The maximum atomic E-state index is 4.62. The molecule has 0 atom stereocenters. The fourth-order valence-electron chi connectivity index (χ4n) is 1.76. The van der Waals surface area contributed by atoms with Gasteiger partial charge in [-0.3, -0.25) is 0 Å². The van der Waals surface area contributed by atoms with Crippen molar-refractivity contribution >= 4 is 38.7 Å². The lowest BCUT2D eigenvalue weighted by Gasteiger charge is -2.04. The molecule has 17 heavy (non-hydrogen) atoms. The van der Waals surface area contributed by atoms with Gasteiger partial charge in [0.2, 0.25) is 0 Å². The molecule has 3 aromatic rings. The zero-order valence-electron chi connectivity index (χ0n) is 9.52. The summed E-state index contributed by atoms with van der Waals surface area (Å²) < 4.78 is 0. The number of hydrogen-bond donors (Lipinski definition) is 1. The Morgan fingerprint density at radius 2 is 2.12 bits per heavy atom. The molecular formula is C12H11N3S2. The fourth-order valence-corrected chi connectivity index (χ4v) is 3.35. The maximum Gasteiger partial charge on any atom is 0.164 e. The van der Waals surface area contributed by atoms with Crippen molar-refractivity contribution < 1.29 is 0 Å². The SMILES string of the molecule is CNc1nc(-c2cscc2C)nc2sccc12. The van der Waals surface area contributed by atoms with Crippen molar-refractivity contribution in [2.75, 3.05) is 12.4 Å². The van der Waals surface area contributed by atoms with Crippen LogP contribution in [0, 0.1) is 6.92 Å². The van der Waals surface area contributed by atoms with E-state index < -0.39 is 0 Å². The summed E-state index contributed by atoms with van der Waals surface area (Å²) in [4.78, 5) is 10.2. The lowest BCUT2D eigenvalue weighted by Crippen LogP contribution is -1.97. The number of fused-ring (bicyclic) bond motifs is 1. The van der Waals surface area contributed by atoms with Crippen LogP contribution in [0.15, 0.2) is 22.2 Å². The molecule has 0 amide bonds. The first kappa shape index (κ1) is 10.7. The molecule has 0 saturated heterocycles. The molecular weight excluding hydrogens is 250 g/mol. The Balaban J connectivity index is 2.27. The summed E-state index contributed by atoms with van der Waals surface area (Å²) >= 11 is 3.33. The van der Waals surface area contributed by atoms with Crippen LogP contribution in [0.2, 0.25) is 0 Å². The zero-order valence-corrected chi connectivity index (χ0v) is 11.2. The molecule has 0 aliphatic carbocycles. The monoisotopic (exact) mass is 261 g/mol. The molecule has 0 aliphatic rings. The maximum absolute atomic E-state index is 4.62. The van der Waals surface area contributed by atoms with E-state index in [2.05, 4.69) is 39.0 Å². The van der Waals surface area contributed by atoms with E-state index in [9.17, 15) is 0 Å². The Morgan fingerprint density at radius 3 is 2.82 bits per heavy atom. The molecule has 0 unspecified atom stereocenters. The minimum absolute atomic E-state index is 0.808. The van der Waals surface area contributed by atoms with Gasteiger partial charge in [-0.05, 0) is 29.3 Å². The lowest BCUT2D eigenvalue weighted by atomic mass is 10.2. The molecule has 0 saturated carbocycles. The van der Waals surface area contributed by atoms with Crippen LogP contribution in [-0.2, 0) is 0 Å². The number of rotatable bonds is 2. The summed E-state index contributed by atoms with van der Waals surface area (Å²) in [5, 5.41) is 10.5. The number of thiophene rings is 2. The van der Waals surface area contributed by atoms with Gasteiger partial charge in [-0.25, -0.2) is 9.97 Å². The van der Waals surface area contributed by atoms with Crippen molar-refractivity contribution in [2.24, 2.45) is 0 Å². The Labute approximate surface area is 107 Å². The molecule has 86 valence electrons. The van der Waals surface area contributed by atoms with Gasteiger partial charge in [0.15, 0.2) is 5.82 Å². The normalized spacial score (nSPS) is 10.9. The van der Waals surface area contributed by atoms with Crippen molar-refractivity contribution in [2.45, 2.75) is 6.92 Å². The molecule has 3 rings (SSSR count). The van der Waals surface area contributed by atoms with Gasteiger partial charge >= 0.3 is 0 Å². The van der Waals surface area contributed by atoms with Crippen LogP contribution in [0.3, 0.4) is 0 Å². The predicted octanol–water partition coefficient (Wildman–Crippen LogP) is 3.77. The largest absolute Gasteiger partial charge is 0.372 e. The van der Waals surface area contributed by atoms with E-state index in [4.69, 9.17) is 0 Å². The Kier molecular flexibility index (Phi) is 2.57. The van der Waals surface area contributed by atoms with E-state index in [0.29, 0.717) is 0 Å². The van der Waals surface area contributed by atoms with Gasteiger partial charge in [0.25, 0.3) is 0 Å². The van der Waals surface area contributed by atoms with E-state index in [-0.39, 0.29) is 0 Å². The molecule has 0 fully saturated rings. The summed E-state index contributed by atoms with van der Waals surface area (Å²) in [6, 6.07) is 2.05. The molecule has 0 bridgehead atoms. The van der Waals surface area contributed by atoms with Crippen LogP contribution < -0.4 is 5.32 Å². The quantitative estimate of drug-likeness (QED) is 0.763. The Hall–Kier alpha value is -1.46. The summed E-state index contributed by atoms with van der Waals surface area (Å²) in [5.41, 5.74) is 2.36. The third-order valence-corrected chi connectivity index (χ3v) is 4.33. The number of aromatic nitrogens is 2. The molecule has 3 aromatic heterocycles. The van der Waals surface area contributed by atoms with E-state index in [1.807, 2.05) is 12.4 Å². The minimum atomic E-state index is 0.808. The first-order valence-corrected chi connectivity index (χ1v) is 7.08. The third-order valence-electron chi connectivity index (χ3n) is 2.66. The lowest BCUT2D eigenvalue weighted by molar-refractivity contribution is 1.22. The van der Waals surface area contributed by atoms with Crippen LogP contribution in [0.1, 0.15) is 5.56 Å². The first-order chi connectivity index (χ1) is 8.29. The van der Waals surface area contributed by atoms with Crippen molar-refractivity contribution in [3.8, 4) is 11.4 Å². The summed E-state index contributed by atoms with van der Waals surface area (Å²) in [6.07, 6.45) is 0. The summed E-state index contributed by atoms with van der Waals surface area (Å²) in [7, 11) is 1.89. The van der Waals surface area contributed by atoms with E-state index in [0.717, 1.165) is 27.4 Å². The molecule has 5 heteroatoms. The molecule has 0 aromatic carbocycles. The predicted molar refractivity (Wildman–Crippen MR) is 75.0 cm³/mol. The van der Waals surface area contributed by atoms with Crippen molar-refractivity contribution in [1.82, 2.24) is 9.97 Å². The molecule has 0 spiro atoms. The van der Waals surface area contributed by atoms with Crippen LogP contribution in [0.25, 0.3) is 21.6 Å². The molecule has 3 nitrogen and oxygen atoms in total. The van der Waals surface area contributed by atoms with Crippen molar-refractivity contribution in [1.29, 1.82) is 0 Å². The first-order valence-electron chi connectivity index (χ1n) is 5.26. The highest BCUT2D eigenvalue weighted by Crippen LogP contribution is 2.30. The van der Waals surface area contributed by atoms with Crippen LogP contribution in [0.5, 0.6) is 0 Å². The topological polar surface area (TPSA) is 37.8 Å². The van der Waals surface area contributed by atoms with Gasteiger partial charge < -0.3 is 5.32 Å². The second kappa shape index (κ2) is 4.09. The standard InChI is InChI=1S/C12H11N3S2/c1-7-5-16-6-9(7)11-14-10(13-2)8-3-4-17-12(8)15-11/h3-6H,1-2H3,(H,13,14,15). The number of hydrogen-bond acceptors (Lipinski definition) is 5. The fraction of sp³-hybridized carbons (Fsp3) is 0.167. The Morgan fingerprint density at radius 1 is 1.24 bits per heavy atom. The Bertz CT molecular complexity index is 669. The molecule has 0 radical (unpaired) electrons. The van der Waals surface area contributed by atoms with Crippen LogP contribution >= 0.6 is 22.7 Å². The molecule has 1 N–H and O–H groups in total. The number of nitrogens with one attached hydrogen (secondary N) is 1. The third kappa shape index (κ3) is 1.71. The second-order valence-electron chi connectivity index (χ2n) is 3.75. The second-order valence-corrected chi connectivity index (χ2v) is 5.39. The van der Waals surface area contributed by atoms with Crippen molar-refractivity contribution in [3.05, 3.63) is 27.8 Å². The van der Waals surface area contributed by atoms with Gasteiger partial charge in [-0.1, -0.05) is 0 Å². The van der Waals surface area contributed by atoms with E-state index in [1.165, 1.54) is 5.56 Å². The number of nitrogens with zero attached hydrogens (tertiary/aromatic N) is 2. The van der Waals surface area contributed by atoms with Crippen LogP contribution in [0.4, 0.5) is 5.82 Å². The van der Waals surface area contributed by atoms with Gasteiger partial charge in [0.05, 0.1) is 5.39 Å². The molecule has 3 heterocycles. The average molecular weight is 261 g/mol. The van der Waals surface area contributed by atoms with Gasteiger partial charge in [-0.15, -0.1) is 11.3 Å². The molecule has 0 aliphatic heterocycles. The summed E-state index contributed by atoms with van der Waals surface area (Å²) in [6.45, 7) is 2.09. The average Bonchev–Trinajstić information content (AvgIpc) is 2.95. The summed E-state index contributed by atoms with van der Waals surface area (Å²) in [5.74, 6) is 1.71. The van der Waals surface area contributed by atoms with Crippen LogP contribution in [-0.4, -0.2) is 17.0 Å². The zero-order chi connectivity index (χ0) is 11.8. The van der Waals surface area contributed by atoms with E-state index in [1.54, 1.807) is 22.7 Å². The highest BCUT2D eigenvalue weighted by molar-refractivity contribution is 7.16. The van der Waals surface area contributed by atoms with Gasteiger partial charge in [0.1, 0.15) is 10.6 Å². The highest BCUT2D eigenvalue weighted by Gasteiger charge is 2.11. The number of aryl methyl sites for hydroxylation is 1. The highest BCUT2D eigenvalue weighted by atomic mass is 32.1. The smallest absolute Gasteiger partial charge is 0.164 e. The van der Waals surface area contributed by atoms with Gasteiger partial charge in [0, 0.05) is 18.0 Å². The van der Waals surface area contributed by atoms with Crippen molar-refractivity contribution in [3.63, 3.8) is 0 Å². The minimum Gasteiger partial charge on any atom is -0.372 e.